The van der Waals surface area contributed by atoms with Crippen molar-refractivity contribution in [3.05, 3.63) is 23.8 Å². The molecule has 33 heavy (non-hydrogen) atoms. The van der Waals surface area contributed by atoms with E-state index in [0.717, 1.165) is 0 Å². The average Bonchev–Trinajstić information content (AvgIpc) is 3.18. The van der Waals surface area contributed by atoms with Crippen LogP contribution in [0.4, 0.5) is 0 Å². The number of benzene rings is 1. The first kappa shape index (κ1) is 26.1. The van der Waals surface area contributed by atoms with Gasteiger partial charge >= 0.3 is 11.9 Å². The second-order valence-corrected chi connectivity index (χ2v) is 10.4. The van der Waals surface area contributed by atoms with E-state index in [1.165, 1.54) is 13.8 Å². The first-order chi connectivity index (χ1) is 15.4. The Morgan fingerprint density at radius 2 is 1.76 bits per heavy atom. The molecule has 4 atom stereocenters. The molecule has 13 heteroatoms. The topological polar surface area (TPSA) is 189 Å². The van der Waals surface area contributed by atoms with Gasteiger partial charge in [-0.15, -0.1) is 0 Å². The lowest BCUT2D eigenvalue weighted by molar-refractivity contribution is -0.142. The molecule has 0 aromatic heterocycles. The standard InChI is InChI=1S/C20H27N2O10P/c1-11(21-17(23)8-13-3-5-15-16(7-13)32-10-31-15)19(26)22-12(2)33(29,30)9-14(20(27)28)4-6-18(24)25/h3,5,7,11-12,14H,4,6,8-10H2,1-2H3,(H,21,23)(H,22,26)(H,24,25)(H,27,28)(H,29,30)/t11-,12?,14?/m1/s1. The molecule has 0 spiro atoms. The highest BCUT2D eigenvalue weighted by Crippen LogP contribution is 2.47. The summed E-state index contributed by atoms with van der Waals surface area (Å²) >= 11 is 0. The third-order valence-corrected chi connectivity index (χ3v) is 7.37. The number of carboxylic acid groups (broad SMARTS) is 2. The Balaban J connectivity index is 1.88. The van der Waals surface area contributed by atoms with E-state index >= 15 is 0 Å². The quantitative estimate of drug-likeness (QED) is 0.264. The van der Waals surface area contributed by atoms with Crippen molar-refractivity contribution in [3.63, 3.8) is 0 Å². The molecule has 0 radical (unpaired) electrons. The van der Waals surface area contributed by atoms with Crippen LogP contribution in [0.3, 0.4) is 0 Å². The van der Waals surface area contributed by atoms with Crippen molar-refractivity contribution >= 4 is 31.1 Å². The van der Waals surface area contributed by atoms with Crippen molar-refractivity contribution in [2.45, 2.75) is 44.9 Å². The largest absolute Gasteiger partial charge is 0.481 e. The van der Waals surface area contributed by atoms with E-state index in [2.05, 4.69) is 10.6 Å². The molecular formula is C20H27N2O10P. The van der Waals surface area contributed by atoms with Crippen LogP contribution in [0.5, 0.6) is 11.5 Å². The first-order valence-electron chi connectivity index (χ1n) is 10.1. The number of hydrogen-bond donors (Lipinski definition) is 5. The minimum atomic E-state index is -4.19. The summed E-state index contributed by atoms with van der Waals surface area (Å²) in [6.07, 6.45) is -1.51. The fraction of sp³-hybridized carbons (Fsp3) is 0.500. The molecule has 1 heterocycles. The van der Waals surface area contributed by atoms with Crippen molar-refractivity contribution < 1.29 is 48.3 Å². The lowest BCUT2D eigenvalue weighted by Crippen LogP contribution is -2.48. The van der Waals surface area contributed by atoms with Crippen molar-refractivity contribution in [3.8, 4) is 11.5 Å². The smallest absolute Gasteiger partial charge is 0.307 e. The molecule has 0 saturated carbocycles. The Labute approximate surface area is 189 Å². The fourth-order valence-corrected chi connectivity index (χ4v) is 4.71. The molecule has 1 aromatic rings. The summed E-state index contributed by atoms with van der Waals surface area (Å²) < 4.78 is 23.1. The van der Waals surface area contributed by atoms with Gasteiger partial charge in [0, 0.05) is 12.6 Å². The van der Waals surface area contributed by atoms with Gasteiger partial charge in [0.15, 0.2) is 11.5 Å². The molecule has 0 bridgehead atoms. The molecule has 12 nitrogen and oxygen atoms in total. The summed E-state index contributed by atoms with van der Waals surface area (Å²) in [6, 6.07) is 3.98. The van der Waals surface area contributed by atoms with Crippen LogP contribution in [0.1, 0.15) is 32.3 Å². The molecule has 1 aliphatic rings. The highest BCUT2D eigenvalue weighted by molar-refractivity contribution is 7.58. The zero-order valence-corrected chi connectivity index (χ0v) is 19.0. The minimum Gasteiger partial charge on any atom is -0.481 e. The molecule has 0 saturated heterocycles. The van der Waals surface area contributed by atoms with E-state index < -0.39 is 61.4 Å². The Morgan fingerprint density at radius 3 is 2.39 bits per heavy atom. The second-order valence-electron chi connectivity index (χ2n) is 7.74. The molecule has 1 aliphatic heterocycles. The minimum absolute atomic E-state index is 0.0355. The van der Waals surface area contributed by atoms with Gasteiger partial charge in [-0.1, -0.05) is 6.07 Å². The maximum Gasteiger partial charge on any atom is 0.307 e. The summed E-state index contributed by atoms with van der Waals surface area (Å²) in [7, 11) is -4.19. The Bertz CT molecular complexity index is 966. The lowest BCUT2D eigenvalue weighted by Gasteiger charge is -2.24. The third-order valence-electron chi connectivity index (χ3n) is 5.07. The number of ether oxygens (including phenoxy) is 2. The van der Waals surface area contributed by atoms with E-state index in [1.54, 1.807) is 18.2 Å². The van der Waals surface area contributed by atoms with E-state index in [4.69, 9.17) is 14.6 Å². The summed E-state index contributed by atoms with van der Waals surface area (Å²) in [4.78, 5) is 56.9. The van der Waals surface area contributed by atoms with E-state index in [-0.39, 0.29) is 19.6 Å². The van der Waals surface area contributed by atoms with Crippen LogP contribution in [0, 0.1) is 5.92 Å². The molecule has 2 rings (SSSR count). The Hall–Kier alpha value is -3.11. The van der Waals surface area contributed by atoms with Crippen LogP contribution in [-0.4, -0.2) is 63.6 Å². The molecule has 2 amide bonds. The van der Waals surface area contributed by atoms with E-state index in [1.807, 2.05) is 0 Å². The van der Waals surface area contributed by atoms with Gasteiger partial charge in [-0.3, -0.25) is 23.7 Å². The van der Waals surface area contributed by atoms with E-state index in [9.17, 15) is 33.7 Å². The molecule has 1 aromatic carbocycles. The number of aliphatic carboxylic acids is 2. The summed E-state index contributed by atoms with van der Waals surface area (Å²) in [5.41, 5.74) is 0.638. The highest BCUT2D eigenvalue weighted by Gasteiger charge is 2.35. The van der Waals surface area contributed by atoms with Crippen LogP contribution in [0.25, 0.3) is 0 Å². The highest BCUT2D eigenvalue weighted by atomic mass is 31.2. The van der Waals surface area contributed by atoms with Gasteiger partial charge in [-0.2, -0.15) is 0 Å². The number of rotatable bonds is 12. The molecular weight excluding hydrogens is 459 g/mol. The number of fused-ring (bicyclic) bond motifs is 1. The zero-order valence-electron chi connectivity index (χ0n) is 18.1. The first-order valence-corrected chi connectivity index (χ1v) is 12.0. The van der Waals surface area contributed by atoms with Crippen LogP contribution in [0.15, 0.2) is 18.2 Å². The normalized spacial score (nSPS) is 16.7. The molecule has 182 valence electrons. The van der Waals surface area contributed by atoms with Crippen molar-refractivity contribution in [1.29, 1.82) is 0 Å². The Kier molecular flexibility index (Phi) is 8.84. The average molecular weight is 486 g/mol. The van der Waals surface area contributed by atoms with Gasteiger partial charge in [-0.25, -0.2) is 0 Å². The molecule has 0 fully saturated rings. The number of amides is 2. The summed E-state index contributed by atoms with van der Waals surface area (Å²) in [6.45, 7) is 2.74. The molecule has 3 unspecified atom stereocenters. The van der Waals surface area contributed by atoms with Gasteiger partial charge in [0.2, 0.25) is 26.0 Å². The number of nitrogens with one attached hydrogen (secondary N) is 2. The van der Waals surface area contributed by atoms with Crippen molar-refractivity contribution in [1.82, 2.24) is 10.6 Å². The number of carboxylic acids is 2. The maximum atomic E-state index is 12.6. The zero-order chi connectivity index (χ0) is 24.8. The predicted molar refractivity (Wildman–Crippen MR) is 114 cm³/mol. The SMILES string of the molecule is CC(NC(=O)[C@@H](C)NC(=O)Cc1ccc2c(c1)OCO2)P(=O)(O)CC(CCC(=O)O)C(=O)O. The van der Waals surface area contributed by atoms with Gasteiger partial charge in [-0.05, 0) is 38.0 Å². The maximum absolute atomic E-state index is 12.6. The number of carbonyl (C=O) groups is 4. The van der Waals surface area contributed by atoms with Gasteiger partial charge in [0.05, 0.1) is 12.3 Å². The number of carbonyl (C=O) groups excluding carboxylic acids is 2. The fourth-order valence-electron chi connectivity index (χ4n) is 3.09. The Morgan fingerprint density at radius 1 is 1.09 bits per heavy atom. The molecule has 0 aliphatic carbocycles. The van der Waals surface area contributed by atoms with Gasteiger partial charge in [0.1, 0.15) is 11.8 Å². The van der Waals surface area contributed by atoms with Crippen molar-refractivity contribution in [2.24, 2.45) is 5.92 Å². The van der Waals surface area contributed by atoms with Crippen molar-refractivity contribution in [2.75, 3.05) is 13.0 Å². The van der Waals surface area contributed by atoms with Crippen LogP contribution >= 0.6 is 7.37 Å². The van der Waals surface area contributed by atoms with Gasteiger partial charge < -0.3 is 35.2 Å². The number of hydrogen-bond acceptors (Lipinski definition) is 7. The monoisotopic (exact) mass is 486 g/mol. The summed E-state index contributed by atoms with van der Waals surface area (Å²) in [5.74, 6) is -5.37. The van der Waals surface area contributed by atoms with E-state index in [0.29, 0.717) is 17.1 Å². The molecule has 5 N–H and O–H groups in total. The van der Waals surface area contributed by atoms with Gasteiger partial charge in [0.25, 0.3) is 0 Å². The third kappa shape index (κ3) is 7.76. The van der Waals surface area contributed by atoms with Crippen LogP contribution in [-0.2, 0) is 30.2 Å². The van der Waals surface area contributed by atoms with Crippen LogP contribution < -0.4 is 20.1 Å². The predicted octanol–water partition coefficient (Wildman–Crippen LogP) is 0.761. The van der Waals surface area contributed by atoms with Crippen LogP contribution in [0.2, 0.25) is 0 Å². The second kappa shape index (κ2) is 11.2. The summed E-state index contributed by atoms with van der Waals surface area (Å²) in [5, 5.41) is 22.7. The lowest BCUT2D eigenvalue weighted by atomic mass is 10.1.